The summed E-state index contributed by atoms with van der Waals surface area (Å²) in [5.74, 6) is 0.902. The van der Waals surface area contributed by atoms with Crippen molar-refractivity contribution in [3.63, 3.8) is 0 Å². The Labute approximate surface area is 143 Å². The molecule has 0 bridgehead atoms. The van der Waals surface area contributed by atoms with E-state index in [2.05, 4.69) is 29.7 Å². The van der Waals surface area contributed by atoms with Gasteiger partial charge in [0.2, 0.25) is 5.91 Å². The minimum atomic E-state index is -0.293. The Morgan fingerprint density at radius 2 is 1.92 bits per heavy atom. The lowest BCUT2D eigenvalue weighted by Gasteiger charge is -2.35. The van der Waals surface area contributed by atoms with Gasteiger partial charge >= 0.3 is 0 Å². The van der Waals surface area contributed by atoms with Crippen LogP contribution in [0.5, 0.6) is 0 Å². The number of hydrogen-bond acceptors (Lipinski definition) is 5. The molecule has 2 heterocycles. The molecule has 0 atom stereocenters. The van der Waals surface area contributed by atoms with Crippen LogP contribution in [0.25, 0.3) is 0 Å². The first-order valence-electron chi connectivity index (χ1n) is 8.72. The van der Waals surface area contributed by atoms with E-state index < -0.39 is 0 Å². The third kappa shape index (κ3) is 3.09. The summed E-state index contributed by atoms with van der Waals surface area (Å²) in [6, 6.07) is 2.41. The summed E-state index contributed by atoms with van der Waals surface area (Å²) in [5.41, 5.74) is 9.71. The highest BCUT2D eigenvalue weighted by atomic mass is 16.1. The van der Waals surface area contributed by atoms with Crippen LogP contribution < -0.4 is 10.6 Å². The number of carbonyl (C=O) groups excluding carboxylic acids is 1. The zero-order valence-corrected chi connectivity index (χ0v) is 14.5. The van der Waals surface area contributed by atoms with Crippen molar-refractivity contribution < 1.29 is 4.79 Å². The number of aromatic nitrogens is 1. The second-order valence-electron chi connectivity index (χ2n) is 7.00. The molecule has 1 fully saturated rings. The number of nitrogens with two attached hydrogens (primary N) is 1. The largest absolute Gasteiger partial charge is 0.369 e. The van der Waals surface area contributed by atoms with Gasteiger partial charge in [0.05, 0.1) is 12.1 Å². The molecule has 0 spiro atoms. The molecule has 1 aliphatic heterocycles. The van der Waals surface area contributed by atoms with Gasteiger partial charge in [0.1, 0.15) is 11.9 Å². The van der Waals surface area contributed by atoms with Crippen molar-refractivity contribution in [2.45, 2.75) is 39.0 Å². The first-order chi connectivity index (χ1) is 11.5. The average molecular weight is 327 g/mol. The molecular weight excluding hydrogens is 302 g/mol. The summed E-state index contributed by atoms with van der Waals surface area (Å²) in [5, 5.41) is 9.73. The molecule has 1 aliphatic carbocycles. The lowest BCUT2D eigenvalue weighted by Crippen LogP contribution is -2.49. The highest BCUT2D eigenvalue weighted by molar-refractivity contribution is 5.76. The quantitative estimate of drug-likeness (QED) is 0.897. The zero-order chi connectivity index (χ0) is 17.3. The standard InChI is InChI=1S/C18H25N5O/c1-12(2)17-14-5-3-4-13(14)15(10-19)18(21-17)23-8-6-22(7-9-23)11-16(20)24/h12H,3-9,11H2,1-2H3,(H2,20,24). The molecule has 0 unspecified atom stereocenters. The van der Waals surface area contributed by atoms with E-state index >= 15 is 0 Å². The topological polar surface area (TPSA) is 86.2 Å². The summed E-state index contributed by atoms with van der Waals surface area (Å²) in [6.07, 6.45) is 3.13. The SMILES string of the molecule is CC(C)c1nc(N2CCN(CC(N)=O)CC2)c(C#N)c2c1CCC2. The van der Waals surface area contributed by atoms with Crippen molar-refractivity contribution in [2.24, 2.45) is 5.73 Å². The summed E-state index contributed by atoms with van der Waals surface area (Å²) in [4.78, 5) is 20.2. The zero-order valence-electron chi connectivity index (χ0n) is 14.5. The molecule has 0 aromatic carbocycles. The number of hydrogen-bond donors (Lipinski definition) is 1. The molecule has 24 heavy (non-hydrogen) atoms. The van der Waals surface area contributed by atoms with Crippen molar-refractivity contribution in [3.05, 3.63) is 22.4 Å². The summed E-state index contributed by atoms with van der Waals surface area (Å²) < 4.78 is 0. The highest BCUT2D eigenvalue weighted by Crippen LogP contribution is 2.35. The van der Waals surface area contributed by atoms with Crippen LogP contribution in [0.2, 0.25) is 0 Å². The minimum absolute atomic E-state index is 0.293. The van der Waals surface area contributed by atoms with Crippen molar-refractivity contribution in [1.82, 2.24) is 9.88 Å². The minimum Gasteiger partial charge on any atom is -0.369 e. The third-order valence-corrected chi connectivity index (χ3v) is 4.99. The number of primary amides is 1. The first kappa shape index (κ1) is 16.7. The van der Waals surface area contributed by atoms with E-state index in [1.54, 1.807) is 0 Å². The van der Waals surface area contributed by atoms with Crippen LogP contribution in [-0.4, -0.2) is 48.5 Å². The number of fused-ring (bicyclic) bond motifs is 1. The highest BCUT2D eigenvalue weighted by Gasteiger charge is 2.28. The number of pyridine rings is 1. The van der Waals surface area contributed by atoms with E-state index in [4.69, 9.17) is 10.7 Å². The fourth-order valence-electron chi connectivity index (χ4n) is 3.84. The molecule has 1 aromatic heterocycles. The Morgan fingerprint density at radius 3 is 2.50 bits per heavy atom. The van der Waals surface area contributed by atoms with Gasteiger partial charge in [-0.05, 0) is 36.3 Å². The first-order valence-corrected chi connectivity index (χ1v) is 8.72. The van der Waals surface area contributed by atoms with Crippen molar-refractivity contribution in [1.29, 1.82) is 5.26 Å². The van der Waals surface area contributed by atoms with Gasteiger partial charge in [-0.3, -0.25) is 9.69 Å². The van der Waals surface area contributed by atoms with E-state index in [1.165, 1.54) is 11.1 Å². The molecule has 6 heteroatoms. The predicted molar refractivity (Wildman–Crippen MR) is 92.9 cm³/mol. The summed E-state index contributed by atoms with van der Waals surface area (Å²) in [7, 11) is 0. The maximum atomic E-state index is 11.1. The van der Waals surface area contributed by atoms with Crippen LogP contribution in [0.1, 0.15) is 48.6 Å². The van der Waals surface area contributed by atoms with E-state index in [0.29, 0.717) is 12.5 Å². The van der Waals surface area contributed by atoms with Crippen molar-refractivity contribution in [3.8, 4) is 6.07 Å². The average Bonchev–Trinajstić information content (AvgIpc) is 3.02. The number of piperazine rings is 1. The lowest BCUT2D eigenvalue weighted by atomic mass is 9.97. The van der Waals surface area contributed by atoms with Crippen LogP contribution >= 0.6 is 0 Å². The molecule has 3 rings (SSSR count). The van der Waals surface area contributed by atoms with Gasteiger partial charge in [-0.25, -0.2) is 4.98 Å². The van der Waals surface area contributed by atoms with Gasteiger partial charge in [-0.15, -0.1) is 0 Å². The van der Waals surface area contributed by atoms with Gasteiger partial charge in [0, 0.05) is 31.9 Å². The molecular formula is C18H25N5O. The fourth-order valence-corrected chi connectivity index (χ4v) is 3.84. The Hall–Kier alpha value is -2.13. The van der Waals surface area contributed by atoms with E-state index in [0.717, 1.165) is 62.5 Å². The molecule has 0 saturated carbocycles. The van der Waals surface area contributed by atoms with Gasteiger partial charge in [-0.1, -0.05) is 13.8 Å². The normalized spacial score (nSPS) is 17.8. The van der Waals surface area contributed by atoms with E-state index in [-0.39, 0.29) is 5.91 Å². The number of nitrogens with zero attached hydrogens (tertiary/aromatic N) is 4. The van der Waals surface area contributed by atoms with Crippen LogP contribution in [0.15, 0.2) is 0 Å². The maximum absolute atomic E-state index is 11.1. The molecule has 128 valence electrons. The third-order valence-electron chi connectivity index (χ3n) is 4.99. The number of nitriles is 1. The molecule has 1 aromatic rings. The Bertz CT molecular complexity index is 684. The number of anilines is 1. The fraction of sp³-hybridized carbons (Fsp3) is 0.611. The molecule has 6 nitrogen and oxygen atoms in total. The van der Waals surface area contributed by atoms with Crippen LogP contribution in [-0.2, 0) is 17.6 Å². The van der Waals surface area contributed by atoms with Crippen molar-refractivity contribution in [2.75, 3.05) is 37.6 Å². The van der Waals surface area contributed by atoms with E-state index in [1.807, 2.05) is 0 Å². The van der Waals surface area contributed by atoms with Gasteiger partial charge in [-0.2, -0.15) is 5.26 Å². The van der Waals surface area contributed by atoms with E-state index in [9.17, 15) is 10.1 Å². The second-order valence-corrected chi connectivity index (χ2v) is 7.00. The maximum Gasteiger partial charge on any atom is 0.231 e. The lowest BCUT2D eigenvalue weighted by molar-refractivity contribution is -0.119. The summed E-state index contributed by atoms with van der Waals surface area (Å²) >= 11 is 0. The molecule has 2 N–H and O–H groups in total. The number of carbonyl (C=O) groups is 1. The van der Waals surface area contributed by atoms with Crippen LogP contribution in [0, 0.1) is 11.3 Å². The van der Waals surface area contributed by atoms with Gasteiger partial charge in [0.25, 0.3) is 0 Å². The predicted octanol–water partition coefficient (Wildman–Crippen LogP) is 1.17. The molecule has 1 saturated heterocycles. The Morgan fingerprint density at radius 1 is 1.25 bits per heavy atom. The van der Waals surface area contributed by atoms with Crippen molar-refractivity contribution >= 4 is 11.7 Å². The number of amides is 1. The number of rotatable bonds is 4. The Kier molecular flexibility index (Phi) is 4.72. The second kappa shape index (κ2) is 6.78. The summed E-state index contributed by atoms with van der Waals surface area (Å²) in [6.45, 7) is 7.71. The monoisotopic (exact) mass is 327 g/mol. The van der Waals surface area contributed by atoms with Gasteiger partial charge < -0.3 is 10.6 Å². The Balaban J connectivity index is 1.90. The smallest absolute Gasteiger partial charge is 0.231 e. The molecule has 2 aliphatic rings. The van der Waals surface area contributed by atoms with Crippen LogP contribution in [0.4, 0.5) is 5.82 Å². The van der Waals surface area contributed by atoms with Gasteiger partial charge in [0.15, 0.2) is 0 Å². The van der Waals surface area contributed by atoms with Crippen LogP contribution in [0.3, 0.4) is 0 Å². The molecule has 1 amide bonds. The molecule has 0 radical (unpaired) electrons.